The average molecular weight is 385 g/mol. The first kappa shape index (κ1) is 17.6. The number of nitrogens with one attached hydrogen (secondary N) is 1. The van der Waals surface area contributed by atoms with Gasteiger partial charge in [-0.3, -0.25) is 4.79 Å². The number of aromatic nitrogens is 4. The van der Waals surface area contributed by atoms with Crippen LogP contribution in [-0.2, 0) is 0 Å². The van der Waals surface area contributed by atoms with Gasteiger partial charge in [0.25, 0.3) is 17.7 Å². The SMILES string of the molecule is COc1nccnc1OC1CCC(NC(=O)c2ccc3nsnc3c2)CC1. The van der Waals surface area contributed by atoms with Gasteiger partial charge >= 0.3 is 0 Å². The van der Waals surface area contributed by atoms with Crippen molar-refractivity contribution < 1.29 is 14.3 Å². The van der Waals surface area contributed by atoms with Crippen LogP contribution in [0.4, 0.5) is 0 Å². The lowest BCUT2D eigenvalue weighted by Crippen LogP contribution is -2.39. The first-order chi connectivity index (χ1) is 13.2. The number of fused-ring (bicyclic) bond motifs is 1. The van der Waals surface area contributed by atoms with Gasteiger partial charge in [-0.2, -0.15) is 8.75 Å². The highest BCUT2D eigenvalue weighted by molar-refractivity contribution is 7.00. The highest BCUT2D eigenvalue weighted by Gasteiger charge is 2.25. The highest BCUT2D eigenvalue weighted by Crippen LogP contribution is 2.27. The Labute approximate surface area is 160 Å². The van der Waals surface area contributed by atoms with Crippen LogP contribution in [0.1, 0.15) is 36.0 Å². The maximum absolute atomic E-state index is 12.5. The van der Waals surface area contributed by atoms with Crippen LogP contribution in [0.25, 0.3) is 11.0 Å². The lowest BCUT2D eigenvalue weighted by Gasteiger charge is -2.29. The molecule has 0 spiro atoms. The van der Waals surface area contributed by atoms with E-state index in [-0.39, 0.29) is 18.1 Å². The van der Waals surface area contributed by atoms with E-state index >= 15 is 0 Å². The van der Waals surface area contributed by atoms with Crippen molar-refractivity contribution in [1.82, 2.24) is 24.0 Å². The van der Waals surface area contributed by atoms with Crippen molar-refractivity contribution >= 4 is 28.7 Å². The van der Waals surface area contributed by atoms with E-state index in [2.05, 4.69) is 24.0 Å². The van der Waals surface area contributed by atoms with Crippen LogP contribution in [0.5, 0.6) is 11.8 Å². The molecule has 0 bridgehead atoms. The fourth-order valence-electron chi connectivity index (χ4n) is 3.21. The molecule has 9 heteroatoms. The molecule has 140 valence electrons. The van der Waals surface area contributed by atoms with Crippen LogP contribution in [0.15, 0.2) is 30.6 Å². The summed E-state index contributed by atoms with van der Waals surface area (Å²) in [5.41, 5.74) is 2.18. The molecule has 1 aromatic carbocycles. The summed E-state index contributed by atoms with van der Waals surface area (Å²) in [5.74, 6) is 0.724. The van der Waals surface area contributed by atoms with Crippen molar-refractivity contribution in [2.24, 2.45) is 0 Å². The molecule has 2 aromatic heterocycles. The van der Waals surface area contributed by atoms with Crippen molar-refractivity contribution in [2.75, 3.05) is 7.11 Å². The van der Waals surface area contributed by atoms with Crippen LogP contribution >= 0.6 is 11.7 Å². The molecule has 27 heavy (non-hydrogen) atoms. The highest BCUT2D eigenvalue weighted by atomic mass is 32.1. The summed E-state index contributed by atoms with van der Waals surface area (Å²) in [6, 6.07) is 5.52. The summed E-state index contributed by atoms with van der Waals surface area (Å²) in [6.07, 6.45) is 6.55. The zero-order valence-corrected chi connectivity index (χ0v) is 15.6. The van der Waals surface area contributed by atoms with E-state index in [1.165, 1.54) is 0 Å². The summed E-state index contributed by atoms with van der Waals surface area (Å²) in [6.45, 7) is 0. The largest absolute Gasteiger partial charge is 0.477 e. The second-order valence-electron chi connectivity index (χ2n) is 6.40. The molecule has 1 saturated carbocycles. The number of carbonyl (C=O) groups is 1. The second kappa shape index (κ2) is 7.83. The van der Waals surface area contributed by atoms with Gasteiger partial charge in [0.05, 0.1) is 18.8 Å². The van der Waals surface area contributed by atoms with E-state index in [0.29, 0.717) is 17.3 Å². The number of ether oxygens (including phenoxy) is 2. The quantitative estimate of drug-likeness (QED) is 0.721. The number of hydrogen-bond donors (Lipinski definition) is 1. The molecule has 4 rings (SSSR count). The molecule has 0 saturated heterocycles. The Morgan fingerprint density at radius 3 is 2.59 bits per heavy atom. The molecular weight excluding hydrogens is 366 g/mol. The topological polar surface area (TPSA) is 99.1 Å². The first-order valence-electron chi connectivity index (χ1n) is 8.78. The van der Waals surface area contributed by atoms with Gasteiger partial charge in [-0.25, -0.2) is 9.97 Å². The third-order valence-electron chi connectivity index (χ3n) is 4.63. The molecular formula is C18H19N5O3S. The predicted octanol–water partition coefficient (Wildman–Crippen LogP) is 2.61. The minimum Gasteiger partial charge on any atom is -0.477 e. The standard InChI is InChI=1S/C18H19N5O3S/c1-25-17-18(20-9-8-19-17)26-13-5-3-12(4-6-13)21-16(24)11-2-7-14-15(10-11)23-27-22-14/h2,7-10,12-13H,3-6H2,1H3,(H,21,24). The van der Waals surface area contributed by atoms with Crippen LogP contribution in [0, 0.1) is 0 Å². The van der Waals surface area contributed by atoms with Gasteiger partial charge < -0.3 is 14.8 Å². The molecule has 0 atom stereocenters. The third-order valence-corrected chi connectivity index (χ3v) is 5.19. The molecule has 0 aliphatic heterocycles. The van der Waals surface area contributed by atoms with Crippen molar-refractivity contribution in [1.29, 1.82) is 0 Å². The first-order valence-corrected chi connectivity index (χ1v) is 9.51. The fraction of sp³-hybridized carbons (Fsp3) is 0.389. The van der Waals surface area contributed by atoms with Crippen LogP contribution in [-0.4, -0.2) is 43.9 Å². The van der Waals surface area contributed by atoms with Crippen molar-refractivity contribution in [3.8, 4) is 11.8 Å². The molecule has 0 radical (unpaired) electrons. The van der Waals surface area contributed by atoms with Gasteiger partial charge in [-0.15, -0.1) is 0 Å². The Kier molecular flexibility index (Phi) is 5.10. The lowest BCUT2D eigenvalue weighted by atomic mass is 9.92. The lowest BCUT2D eigenvalue weighted by molar-refractivity contribution is 0.0886. The predicted molar refractivity (Wildman–Crippen MR) is 100 cm³/mol. The Morgan fingerprint density at radius 1 is 1.07 bits per heavy atom. The number of nitrogens with zero attached hydrogens (tertiary/aromatic N) is 4. The monoisotopic (exact) mass is 385 g/mol. The number of rotatable bonds is 5. The molecule has 1 aliphatic rings. The summed E-state index contributed by atoms with van der Waals surface area (Å²) in [5, 5.41) is 3.11. The fourth-order valence-corrected chi connectivity index (χ4v) is 3.73. The van der Waals surface area contributed by atoms with E-state index in [9.17, 15) is 4.79 Å². The van der Waals surface area contributed by atoms with Crippen molar-refractivity contribution in [3.05, 3.63) is 36.2 Å². The summed E-state index contributed by atoms with van der Waals surface area (Å²) >= 11 is 1.15. The molecule has 8 nitrogen and oxygen atoms in total. The maximum Gasteiger partial charge on any atom is 0.278 e. The number of benzene rings is 1. The van der Waals surface area contributed by atoms with Gasteiger partial charge in [0.2, 0.25) is 0 Å². The van der Waals surface area contributed by atoms with Crippen LogP contribution < -0.4 is 14.8 Å². The number of hydrogen-bond acceptors (Lipinski definition) is 8. The molecule has 1 fully saturated rings. The Hall–Kier alpha value is -2.81. The maximum atomic E-state index is 12.5. The van der Waals surface area contributed by atoms with E-state index in [1.54, 1.807) is 31.6 Å². The molecule has 1 amide bonds. The third kappa shape index (κ3) is 3.97. The van der Waals surface area contributed by atoms with E-state index in [4.69, 9.17) is 9.47 Å². The number of amides is 1. The molecule has 3 aromatic rings. The average Bonchev–Trinajstić information content (AvgIpc) is 3.17. The Bertz CT molecular complexity index is 939. The number of carbonyl (C=O) groups excluding carboxylic acids is 1. The van der Waals surface area contributed by atoms with Gasteiger partial charge in [0.15, 0.2) is 0 Å². The van der Waals surface area contributed by atoms with Gasteiger partial charge in [0.1, 0.15) is 17.1 Å². The van der Waals surface area contributed by atoms with E-state index in [1.807, 2.05) is 6.07 Å². The van der Waals surface area contributed by atoms with Crippen molar-refractivity contribution in [3.63, 3.8) is 0 Å². The molecule has 2 heterocycles. The summed E-state index contributed by atoms with van der Waals surface area (Å²) < 4.78 is 19.4. The minimum atomic E-state index is -0.0788. The van der Waals surface area contributed by atoms with E-state index in [0.717, 1.165) is 48.4 Å². The van der Waals surface area contributed by atoms with Gasteiger partial charge in [-0.05, 0) is 43.9 Å². The smallest absolute Gasteiger partial charge is 0.278 e. The zero-order chi connectivity index (χ0) is 18.6. The Morgan fingerprint density at radius 2 is 1.81 bits per heavy atom. The minimum absolute atomic E-state index is 0.0428. The molecule has 1 N–H and O–H groups in total. The molecule has 0 unspecified atom stereocenters. The normalized spacial score (nSPS) is 19.6. The summed E-state index contributed by atoms with van der Waals surface area (Å²) in [7, 11) is 1.54. The van der Waals surface area contributed by atoms with Gasteiger partial charge in [0, 0.05) is 24.0 Å². The number of methoxy groups -OCH3 is 1. The molecule has 1 aliphatic carbocycles. The summed E-state index contributed by atoms with van der Waals surface area (Å²) in [4.78, 5) is 20.8. The Balaban J connectivity index is 1.32. The van der Waals surface area contributed by atoms with Crippen LogP contribution in [0.3, 0.4) is 0 Å². The zero-order valence-electron chi connectivity index (χ0n) is 14.8. The van der Waals surface area contributed by atoms with Gasteiger partial charge in [-0.1, -0.05) is 0 Å². The van der Waals surface area contributed by atoms with Crippen LogP contribution in [0.2, 0.25) is 0 Å². The second-order valence-corrected chi connectivity index (χ2v) is 6.93. The van der Waals surface area contributed by atoms with Crippen molar-refractivity contribution in [2.45, 2.75) is 37.8 Å². The van der Waals surface area contributed by atoms with E-state index < -0.39 is 0 Å².